The van der Waals surface area contributed by atoms with Crippen molar-refractivity contribution in [1.82, 2.24) is 8.61 Å². The van der Waals surface area contributed by atoms with Gasteiger partial charge in [0.2, 0.25) is 20.0 Å². The van der Waals surface area contributed by atoms with E-state index in [1.165, 1.54) is 35.0 Å². The minimum Gasteiger partial charge on any atom is -0.294 e. The summed E-state index contributed by atoms with van der Waals surface area (Å²) in [5.41, 5.74) is 2.26. The van der Waals surface area contributed by atoms with Gasteiger partial charge in [-0.25, -0.2) is 16.8 Å². The van der Waals surface area contributed by atoms with Crippen molar-refractivity contribution in [3.8, 4) is 0 Å². The third kappa shape index (κ3) is 8.29. The monoisotopic (exact) mass is 684 g/mol. The van der Waals surface area contributed by atoms with Crippen molar-refractivity contribution in [2.75, 3.05) is 6.54 Å². The Balaban J connectivity index is 1.40. The van der Waals surface area contributed by atoms with Crippen LogP contribution in [0.4, 0.5) is 0 Å². The average Bonchev–Trinajstić information content (AvgIpc) is 3.59. The number of nitrogens with zero attached hydrogens (tertiary/aromatic N) is 2. The molecule has 2 aliphatic carbocycles. The molecule has 0 aromatic heterocycles. The molecule has 0 radical (unpaired) electrons. The average molecular weight is 685 g/mol. The Hall–Kier alpha value is -2.56. The van der Waals surface area contributed by atoms with Gasteiger partial charge in [-0.3, -0.25) is 4.79 Å². The Morgan fingerprint density at radius 1 is 0.696 bits per heavy atom. The van der Waals surface area contributed by atoms with Gasteiger partial charge in [-0.15, -0.1) is 0 Å². The fraction of sp³-hybridized carbons (Fsp3) is 0.472. The number of ketones is 1. The fourth-order valence-electron chi connectivity index (χ4n) is 6.66. The first-order valence-electron chi connectivity index (χ1n) is 16.4. The molecule has 0 atom stereocenters. The molecule has 0 amide bonds. The van der Waals surface area contributed by atoms with Crippen molar-refractivity contribution in [3.05, 3.63) is 94.5 Å². The minimum atomic E-state index is -3.94. The number of benzene rings is 3. The van der Waals surface area contributed by atoms with E-state index in [0.717, 1.165) is 62.5 Å². The molecule has 2 fully saturated rings. The van der Waals surface area contributed by atoms with Crippen molar-refractivity contribution in [3.63, 3.8) is 0 Å². The summed E-state index contributed by atoms with van der Waals surface area (Å²) in [6, 6.07) is 20.0. The number of halogens is 1. The smallest absolute Gasteiger partial charge is 0.243 e. The zero-order valence-corrected chi connectivity index (χ0v) is 29.2. The van der Waals surface area contributed by atoms with Crippen LogP contribution in [0, 0.1) is 11.8 Å². The molecule has 0 saturated heterocycles. The van der Waals surface area contributed by atoms with E-state index >= 15 is 0 Å². The molecule has 3 aromatic carbocycles. The van der Waals surface area contributed by atoms with Gasteiger partial charge in [0, 0.05) is 42.2 Å². The van der Waals surface area contributed by atoms with Gasteiger partial charge < -0.3 is 0 Å². The number of carbonyl (C=O) groups excluding carboxylic acids is 1. The summed E-state index contributed by atoms with van der Waals surface area (Å²) in [4.78, 5) is 12.6. The first-order chi connectivity index (χ1) is 21.9. The molecular weight excluding hydrogens is 640 g/mol. The number of hydrogen-bond acceptors (Lipinski definition) is 5. The largest absolute Gasteiger partial charge is 0.294 e. The number of Topliss-reactive ketones (excluding diaryl/α,β-unsaturated/α-hetero) is 1. The lowest BCUT2D eigenvalue weighted by Gasteiger charge is -2.30. The SMILES string of the molecule is CC(C)C(=O)c1ccc(CN(CC2CCCCC2)S(=O)(=O)c2ccc(S(=O)(=O)N(Cc3ccc(Cl)cc3)C3CCCC3)cc2)cc1. The van der Waals surface area contributed by atoms with Crippen LogP contribution in [0.2, 0.25) is 5.02 Å². The van der Waals surface area contributed by atoms with Crippen LogP contribution in [0.1, 0.15) is 93.1 Å². The molecule has 5 rings (SSSR count). The molecule has 0 unspecified atom stereocenters. The fourth-order valence-corrected chi connectivity index (χ4v) is 9.96. The Kier molecular flexibility index (Phi) is 11.4. The second-order valence-corrected chi connectivity index (χ2v) is 17.4. The van der Waals surface area contributed by atoms with Crippen LogP contribution in [0.15, 0.2) is 82.6 Å². The van der Waals surface area contributed by atoms with Crippen molar-refractivity contribution in [2.24, 2.45) is 11.8 Å². The van der Waals surface area contributed by atoms with Crippen LogP contribution >= 0.6 is 11.6 Å². The Bertz CT molecular complexity index is 1680. The second-order valence-electron chi connectivity index (χ2n) is 13.1. The molecule has 46 heavy (non-hydrogen) atoms. The van der Waals surface area contributed by atoms with Gasteiger partial charge in [0.05, 0.1) is 9.79 Å². The topological polar surface area (TPSA) is 91.8 Å². The molecule has 2 saturated carbocycles. The summed E-state index contributed by atoms with van der Waals surface area (Å²) in [6.45, 7) is 4.51. The molecule has 0 bridgehead atoms. The van der Waals surface area contributed by atoms with E-state index in [1.807, 2.05) is 38.1 Å². The summed E-state index contributed by atoms with van der Waals surface area (Å²) < 4.78 is 59.4. The molecule has 0 N–H and O–H groups in total. The highest BCUT2D eigenvalue weighted by Gasteiger charge is 2.34. The van der Waals surface area contributed by atoms with Crippen LogP contribution in [0.25, 0.3) is 0 Å². The lowest BCUT2D eigenvalue weighted by molar-refractivity contribution is 0.0939. The molecule has 0 heterocycles. The van der Waals surface area contributed by atoms with Crippen molar-refractivity contribution >= 4 is 37.4 Å². The van der Waals surface area contributed by atoms with E-state index < -0.39 is 20.0 Å². The van der Waals surface area contributed by atoms with Crippen molar-refractivity contribution in [2.45, 2.75) is 101 Å². The summed E-state index contributed by atoms with van der Waals surface area (Å²) >= 11 is 6.07. The van der Waals surface area contributed by atoms with Gasteiger partial charge in [0.25, 0.3) is 0 Å². The predicted molar refractivity (Wildman–Crippen MR) is 183 cm³/mol. The van der Waals surface area contributed by atoms with Crippen LogP contribution in [-0.2, 0) is 33.1 Å². The highest BCUT2D eigenvalue weighted by atomic mass is 35.5. The highest BCUT2D eigenvalue weighted by molar-refractivity contribution is 7.89. The van der Waals surface area contributed by atoms with Crippen LogP contribution in [0.5, 0.6) is 0 Å². The molecule has 2 aliphatic rings. The Morgan fingerprint density at radius 2 is 1.20 bits per heavy atom. The molecule has 0 aliphatic heterocycles. The van der Waals surface area contributed by atoms with Gasteiger partial charge in [-0.2, -0.15) is 8.61 Å². The Labute approximate surface area is 280 Å². The molecule has 10 heteroatoms. The maximum absolute atomic E-state index is 14.1. The lowest BCUT2D eigenvalue weighted by Crippen LogP contribution is -2.38. The lowest BCUT2D eigenvalue weighted by atomic mass is 9.89. The zero-order valence-electron chi connectivity index (χ0n) is 26.8. The predicted octanol–water partition coefficient (Wildman–Crippen LogP) is 8.08. The van der Waals surface area contributed by atoms with Crippen LogP contribution in [-0.4, -0.2) is 43.8 Å². The number of carbonyl (C=O) groups is 1. The van der Waals surface area contributed by atoms with Gasteiger partial charge in [-0.05, 0) is 79.1 Å². The first kappa shape index (κ1) is 34.8. The summed E-state index contributed by atoms with van der Waals surface area (Å²) in [7, 11) is -7.84. The summed E-state index contributed by atoms with van der Waals surface area (Å²) in [6.07, 6.45) is 8.84. The molecule has 7 nitrogen and oxygen atoms in total. The molecule has 3 aromatic rings. The molecule has 0 spiro atoms. The molecular formula is C36H45ClN2O5S2. The Morgan fingerprint density at radius 3 is 1.76 bits per heavy atom. The zero-order chi connectivity index (χ0) is 32.9. The van der Waals surface area contributed by atoms with Crippen LogP contribution in [0.3, 0.4) is 0 Å². The van der Waals surface area contributed by atoms with E-state index in [2.05, 4.69) is 0 Å². The van der Waals surface area contributed by atoms with E-state index in [0.29, 0.717) is 17.1 Å². The third-order valence-corrected chi connectivity index (χ3v) is 13.4. The van der Waals surface area contributed by atoms with Gasteiger partial charge in [0.15, 0.2) is 5.78 Å². The van der Waals surface area contributed by atoms with Gasteiger partial charge >= 0.3 is 0 Å². The number of sulfonamides is 2. The number of rotatable bonds is 13. The quantitative estimate of drug-likeness (QED) is 0.170. The van der Waals surface area contributed by atoms with E-state index in [9.17, 15) is 21.6 Å². The number of hydrogen-bond donors (Lipinski definition) is 0. The second kappa shape index (κ2) is 15.1. The summed E-state index contributed by atoms with van der Waals surface area (Å²) in [5.74, 6) is 0.189. The standard InChI is InChI=1S/C36H45ClN2O5S2/c1-27(2)36(40)31-16-12-29(13-17-31)25-38(24-28-8-4-3-5-9-28)45(41,42)34-20-22-35(23-21-34)46(43,44)39(33-10-6-7-11-33)26-30-14-18-32(37)19-15-30/h12-23,27-28,33H,3-11,24-26H2,1-2H3. The van der Waals surface area contributed by atoms with E-state index in [4.69, 9.17) is 11.6 Å². The van der Waals surface area contributed by atoms with Gasteiger partial charge in [-0.1, -0.05) is 94.0 Å². The van der Waals surface area contributed by atoms with Gasteiger partial charge in [0.1, 0.15) is 0 Å². The highest BCUT2D eigenvalue weighted by Crippen LogP contribution is 2.32. The minimum absolute atomic E-state index is 0.0490. The van der Waals surface area contributed by atoms with Crippen LogP contribution < -0.4 is 0 Å². The van der Waals surface area contributed by atoms with Crippen molar-refractivity contribution < 1.29 is 21.6 Å². The maximum atomic E-state index is 14.1. The van der Waals surface area contributed by atoms with Crippen molar-refractivity contribution in [1.29, 1.82) is 0 Å². The molecule has 248 valence electrons. The van der Waals surface area contributed by atoms with E-state index in [-0.39, 0.29) is 46.5 Å². The maximum Gasteiger partial charge on any atom is 0.243 e. The first-order valence-corrected chi connectivity index (χ1v) is 19.7. The normalized spacial score (nSPS) is 16.9. The third-order valence-electron chi connectivity index (χ3n) is 9.36. The summed E-state index contributed by atoms with van der Waals surface area (Å²) in [5, 5.41) is 0.589. The van der Waals surface area contributed by atoms with E-state index in [1.54, 1.807) is 28.6 Å².